The first-order valence-electron chi connectivity index (χ1n) is 5.04. The molecule has 0 aliphatic heterocycles. The minimum atomic E-state index is -3.35. The van der Waals surface area contributed by atoms with Gasteiger partial charge in [0.05, 0.1) is 10.6 Å². The Morgan fingerprint density at radius 3 is 1.59 bits per heavy atom. The lowest BCUT2D eigenvalue weighted by Gasteiger charge is -2.15. The van der Waals surface area contributed by atoms with Crippen LogP contribution >= 0.6 is 7.37 Å². The van der Waals surface area contributed by atoms with Gasteiger partial charge in [0.1, 0.15) is 0 Å². The van der Waals surface area contributed by atoms with Gasteiger partial charge in [-0.3, -0.25) is 4.57 Å². The van der Waals surface area contributed by atoms with Crippen LogP contribution in [0.25, 0.3) is 0 Å². The van der Waals surface area contributed by atoms with Gasteiger partial charge in [-0.15, -0.1) is 0 Å². The molecule has 3 nitrogen and oxygen atoms in total. The summed E-state index contributed by atoms with van der Waals surface area (Å²) >= 11 is 0. The Balaban J connectivity index is 2.55. The quantitative estimate of drug-likeness (QED) is 0.774. The highest BCUT2D eigenvalue weighted by molar-refractivity contribution is 7.74. The molecular formula is C13H10O3P. The molecule has 0 heterocycles. The molecule has 0 bridgehead atoms. The Morgan fingerprint density at radius 2 is 1.24 bits per heavy atom. The fourth-order valence-corrected chi connectivity index (χ4v) is 3.30. The zero-order valence-electron chi connectivity index (χ0n) is 8.95. The predicted octanol–water partition coefficient (Wildman–Crippen LogP) is 2.00. The van der Waals surface area contributed by atoms with Gasteiger partial charge in [0.25, 0.3) is 0 Å². The molecule has 0 fully saturated rings. The number of carbonyl (C=O) groups excluding carboxylic acids is 1. The van der Waals surface area contributed by atoms with Gasteiger partial charge in [-0.1, -0.05) is 36.4 Å². The second-order valence-corrected chi connectivity index (χ2v) is 5.72. The molecule has 2 rings (SSSR count). The Bertz CT molecular complexity index is 494. The Kier molecular flexibility index (Phi) is 3.40. The Hall–Kier alpha value is -1.86. The minimum absolute atomic E-state index is 0.481. The zero-order valence-corrected chi connectivity index (χ0v) is 9.84. The largest absolute Gasteiger partial charge is 0.423 e. The summed E-state index contributed by atoms with van der Waals surface area (Å²) in [7, 11) is -3.35. The summed E-state index contributed by atoms with van der Waals surface area (Å²) in [4.78, 5) is 10.4. The molecule has 4 heteroatoms. The summed E-state index contributed by atoms with van der Waals surface area (Å²) < 4.78 is 17.5. The summed E-state index contributed by atoms with van der Waals surface area (Å²) in [5.74, 6) is 0. The van der Waals surface area contributed by atoms with E-state index in [9.17, 15) is 9.36 Å². The van der Waals surface area contributed by atoms with E-state index in [4.69, 9.17) is 4.52 Å². The number of rotatable bonds is 4. The van der Waals surface area contributed by atoms with E-state index in [0.29, 0.717) is 10.6 Å². The van der Waals surface area contributed by atoms with Crippen LogP contribution < -0.4 is 10.6 Å². The Labute approximate surface area is 99.5 Å². The van der Waals surface area contributed by atoms with Crippen molar-refractivity contribution in [2.45, 2.75) is 0 Å². The molecule has 2 aromatic carbocycles. The van der Waals surface area contributed by atoms with Crippen LogP contribution in [-0.4, -0.2) is 6.47 Å². The molecule has 0 unspecified atom stereocenters. The molecule has 0 N–H and O–H groups in total. The molecule has 0 spiro atoms. The van der Waals surface area contributed by atoms with Crippen LogP contribution in [0.1, 0.15) is 0 Å². The molecule has 0 amide bonds. The smallest absolute Gasteiger partial charge is 0.396 e. The van der Waals surface area contributed by atoms with E-state index in [2.05, 4.69) is 0 Å². The molecule has 85 valence electrons. The number of hydrogen-bond donors (Lipinski definition) is 0. The highest BCUT2D eigenvalue weighted by atomic mass is 31.2. The normalized spacial score (nSPS) is 10.8. The van der Waals surface area contributed by atoms with Crippen LogP contribution in [0.4, 0.5) is 0 Å². The van der Waals surface area contributed by atoms with E-state index in [1.54, 1.807) is 48.5 Å². The zero-order chi connectivity index (χ0) is 12.1. The second-order valence-electron chi connectivity index (χ2n) is 3.40. The van der Waals surface area contributed by atoms with Crippen molar-refractivity contribution in [1.29, 1.82) is 0 Å². The van der Waals surface area contributed by atoms with Crippen LogP contribution in [0.5, 0.6) is 0 Å². The highest BCUT2D eigenvalue weighted by Crippen LogP contribution is 2.43. The monoisotopic (exact) mass is 245 g/mol. The lowest BCUT2D eigenvalue weighted by atomic mass is 10.4. The van der Waals surface area contributed by atoms with Crippen molar-refractivity contribution in [1.82, 2.24) is 0 Å². The second kappa shape index (κ2) is 4.98. The molecule has 17 heavy (non-hydrogen) atoms. The first kappa shape index (κ1) is 11.6. The van der Waals surface area contributed by atoms with E-state index in [-0.39, 0.29) is 0 Å². The van der Waals surface area contributed by atoms with Crippen molar-refractivity contribution in [3.63, 3.8) is 0 Å². The van der Waals surface area contributed by atoms with Gasteiger partial charge < -0.3 is 4.52 Å². The van der Waals surface area contributed by atoms with Crippen LogP contribution in [0.15, 0.2) is 60.7 Å². The fourth-order valence-electron chi connectivity index (χ4n) is 1.56. The molecule has 0 saturated carbocycles. The molecule has 0 aliphatic rings. The van der Waals surface area contributed by atoms with Crippen molar-refractivity contribution in [2.24, 2.45) is 0 Å². The average Bonchev–Trinajstić information content (AvgIpc) is 2.41. The first-order chi connectivity index (χ1) is 8.27. The van der Waals surface area contributed by atoms with E-state index < -0.39 is 7.37 Å². The Morgan fingerprint density at radius 1 is 0.824 bits per heavy atom. The van der Waals surface area contributed by atoms with Crippen LogP contribution in [0.3, 0.4) is 0 Å². The first-order valence-corrected chi connectivity index (χ1v) is 6.67. The van der Waals surface area contributed by atoms with Crippen LogP contribution in [-0.2, 0) is 13.9 Å². The molecule has 1 radical (unpaired) electrons. The molecule has 0 atom stereocenters. The highest BCUT2D eigenvalue weighted by Gasteiger charge is 2.29. The molecule has 2 aromatic rings. The minimum Gasteiger partial charge on any atom is -0.396 e. The SMILES string of the molecule is O=[C]OP(=O)(c1ccccc1)c1ccccc1. The van der Waals surface area contributed by atoms with E-state index in [0.717, 1.165) is 0 Å². The van der Waals surface area contributed by atoms with E-state index >= 15 is 0 Å². The van der Waals surface area contributed by atoms with Gasteiger partial charge in [0.2, 0.25) is 0 Å². The fraction of sp³-hybridized carbons (Fsp3) is 0. The maximum absolute atomic E-state index is 12.7. The molecular weight excluding hydrogens is 235 g/mol. The van der Waals surface area contributed by atoms with Crippen molar-refractivity contribution in [3.05, 3.63) is 60.7 Å². The van der Waals surface area contributed by atoms with Crippen molar-refractivity contribution in [3.8, 4) is 0 Å². The molecule has 0 aromatic heterocycles. The molecule has 0 saturated heterocycles. The van der Waals surface area contributed by atoms with Gasteiger partial charge in [-0.25, -0.2) is 4.79 Å². The van der Waals surface area contributed by atoms with Gasteiger partial charge in [-0.05, 0) is 24.3 Å². The third kappa shape index (κ3) is 2.29. The van der Waals surface area contributed by atoms with Gasteiger partial charge in [-0.2, -0.15) is 0 Å². The summed E-state index contributed by atoms with van der Waals surface area (Å²) in [6.45, 7) is 1.29. The van der Waals surface area contributed by atoms with Crippen molar-refractivity contribution >= 4 is 24.5 Å². The third-order valence-electron chi connectivity index (χ3n) is 2.36. The third-order valence-corrected chi connectivity index (χ3v) is 4.65. The van der Waals surface area contributed by atoms with Crippen molar-refractivity contribution < 1.29 is 13.9 Å². The van der Waals surface area contributed by atoms with Gasteiger partial charge in [0.15, 0.2) is 0 Å². The maximum atomic E-state index is 12.7. The topological polar surface area (TPSA) is 43.4 Å². The van der Waals surface area contributed by atoms with E-state index in [1.807, 2.05) is 12.1 Å². The lowest BCUT2D eigenvalue weighted by molar-refractivity contribution is 0.438. The average molecular weight is 245 g/mol. The summed E-state index contributed by atoms with van der Waals surface area (Å²) in [6.07, 6.45) is 0. The standard InChI is InChI=1S/C13H10O3P/c14-11-16-17(15,12-7-3-1-4-8-12)13-9-5-2-6-10-13/h1-10H. The van der Waals surface area contributed by atoms with E-state index in [1.165, 1.54) is 6.47 Å². The lowest BCUT2D eigenvalue weighted by Crippen LogP contribution is -2.17. The van der Waals surface area contributed by atoms with Gasteiger partial charge >= 0.3 is 13.8 Å². The van der Waals surface area contributed by atoms with Crippen molar-refractivity contribution in [2.75, 3.05) is 0 Å². The van der Waals surface area contributed by atoms with Gasteiger partial charge in [0, 0.05) is 0 Å². The summed E-state index contributed by atoms with van der Waals surface area (Å²) in [6, 6.07) is 17.3. The number of benzene rings is 2. The van der Waals surface area contributed by atoms with Crippen LogP contribution in [0.2, 0.25) is 0 Å². The summed E-state index contributed by atoms with van der Waals surface area (Å²) in [5.41, 5.74) is 0. The predicted molar refractivity (Wildman–Crippen MR) is 66.5 cm³/mol. The maximum Gasteiger partial charge on any atom is 0.423 e. The molecule has 0 aliphatic carbocycles. The number of hydrogen-bond acceptors (Lipinski definition) is 3. The van der Waals surface area contributed by atoms with Crippen LogP contribution in [0, 0.1) is 0 Å². The summed E-state index contributed by atoms with van der Waals surface area (Å²) in [5, 5.41) is 0.962.